The zero-order valence-corrected chi connectivity index (χ0v) is 23.2. The van der Waals surface area contributed by atoms with E-state index in [4.69, 9.17) is 4.74 Å². The van der Waals surface area contributed by atoms with Crippen LogP contribution in [0.2, 0.25) is 0 Å². The summed E-state index contributed by atoms with van der Waals surface area (Å²) in [4.78, 5) is 44.1. The normalized spacial score (nSPS) is 30.1. The number of thioether (sulfide) groups is 1. The molecule has 3 heterocycles. The Morgan fingerprint density at radius 3 is 2.53 bits per heavy atom. The van der Waals surface area contributed by atoms with Gasteiger partial charge in [0.15, 0.2) is 0 Å². The largest absolute Gasteiger partial charge is 0.497 e. The predicted molar refractivity (Wildman–Crippen MR) is 149 cm³/mol. The number of ether oxygens (including phenoxy) is 1. The van der Waals surface area contributed by atoms with Crippen LogP contribution in [0.4, 0.5) is 5.69 Å². The second kappa shape index (κ2) is 10.4. The maximum atomic E-state index is 14.6. The number of rotatable bonds is 9. The molecule has 2 bridgehead atoms. The molecule has 2 aromatic carbocycles. The Balaban J connectivity index is 1.65. The van der Waals surface area contributed by atoms with Crippen LogP contribution in [0.1, 0.15) is 18.0 Å². The van der Waals surface area contributed by atoms with E-state index in [9.17, 15) is 24.6 Å². The Kier molecular flexibility index (Phi) is 7.32. The van der Waals surface area contributed by atoms with Gasteiger partial charge in [0.2, 0.25) is 5.91 Å². The first kappa shape index (κ1) is 26.8. The van der Waals surface area contributed by atoms with Crippen LogP contribution in [0, 0.1) is 11.8 Å². The summed E-state index contributed by atoms with van der Waals surface area (Å²) in [6, 6.07) is 14.3. The molecule has 1 spiro atoms. The van der Waals surface area contributed by atoms with Gasteiger partial charge in [-0.3, -0.25) is 14.4 Å². The fourth-order valence-electron chi connectivity index (χ4n) is 6.36. The second-order valence-corrected chi connectivity index (χ2v) is 12.5. The van der Waals surface area contributed by atoms with Crippen molar-refractivity contribution in [1.29, 1.82) is 0 Å². The number of aliphatic hydroxyl groups is 1. The molecule has 2 aromatic rings. The molecule has 5 rings (SSSR count). The van der Waals surface area contributed by atoms with Crippen molar-refractivity contribution in [2.45, 2.75) is 33.3 Å². The van der Waals surface area contributed by atoms with Crippen LogP contribution in [0.15, 0.2) is 67.3 Å². The van der Waals surface area contributed by atoms with E-state index in [1.165, 1.54) is 16.7 Å². The molecule has 3 aliphatic rings. The second-order valence-electron chi connectivity index (χ2n) is 9.79. The molecular formula is C28H29BrN2O6S. The van der Waals surface area contributed by atoms with E-state index >= 15 is 0 Å². The van der Waals surface area contributed by atoms with Crippen LogP contribution in [0.25, 0.3) is 0 Å². The van der Waals surface area contributed by atoms with E-state index in [2.05, 4.69) is 22.5 Å². The Labute approximate surface area is 233 Å². The summed E-state index contributed by atoms with van der Waals surface area (Å²) in [7, 11) is 1.56. The molecule has 3 unspecified atom stereocenters. The highest BCUT2D eigenvalue weighted by molar-refractivity contribution is 9.09. The number of hydrogen-bond acceptors (Lipinski definition) is 6. The average Bonchev–Trinajstić information content (AvgIpc) is 3.52. The van der Waals surface area contributed by atoms with Gasteiger partial charge in [-0.2, -0.15) is 0 Å². The third kappa shape index (κ3) is 4.04. The van der Waals surface area contributed by atoms with Crippen molar-refractivity contribution in [2.75, 3.05) is 25.2 Å². The monoisotopic (exact) mass is 600 g/mol. The molecule has 7 atom stereocenters. The summed E-state index contributed by atoms with van der Waals surface area (Å²) in [5, 5.41) is 20.4. The molecule has 2 N–H and O–H groups in total. The first-order valence-electron chi connectivity index (χ1n) is 12.4. The lowest BCUT2D eigenvalue weighted by Gasteiger charge is -2.40. The van der Waals surface area contributed by atoms with E-state index in [0.717, 1.165) is 0 Å². The molecule has 8 nitrogen and oxygen atoms in total. The molecular weight excluding hydrogens is 572 g/mol. The van der Waals surface area contributed by atoms with Gasteiger partial charge in [0.25, 0.3) is 5.91 Å². The quantitative estimate of drug-likeness (QED) is 0.335. The summed E-state index contributed by atoms with van der Waals surface area (Å²) >= 11 is 5.09. The van der Waals surface area contributed by atoms with E-state index in [1.807, 2.05) is 18.2 Å². The van der Waals surface area contributed by atoms with Crippen molar-refractivity contribution < 1.29 is 29.3 Å². The highest BCUT2D eigenvalue weighted by Gasteiger charge is 2.76. The molecule has 200 valence electrons. The number of alkyl halides is 1. The van der Waals surface area contributed by atoms with Gasteiger partial charge in [0.05, 0.1) is 36.3 Å². The Hall–Kier alpha value is -2.82. The Bertz CT molecular complexity index is 1240. The first-order valence-corrected chi connectivity index (χ1v) is 14.2. The number of amides is 2. The molecule has 3 aliphatic heterocycles. The number of aliphatic carboxylic acids is 1. The number of benzene rings is 2. The zero-order valence-electron chi connectivity index (χ0n) is 20.8. The lowest BCUT2D eigenvalue weighted by atomic mass is 9.71. The van der Waals surface area contributed by atoms with Crippen LogP contribution in [0.3, 0.4) is 0 Å². The summed E-state index contributed by atoms with van der Waals surface area (Å²) in [5.74, 6) is -2.96. The third-order valence-corrected chi connectivity index (χ3v) is 11.1. The molecule has 3 fully saturated rings. The smallest absolute Gasteiger partial charge is 0.308 e. The topological polar surface area (TPSA) is 107 Å². The number of methoxy groups -OCH3 is 1. The molecule has 38 heavy (non-hydrogen) atoms. The van der Waals surface area contributed by atoms with Crippen molar-refractivity contribution in [3.05, 3.63) is 72.8 Å². The first-order chi connectivity index (χ1) is 18.3. The van der Waals surface area contributed by atoms with Crippen LogP contribution in [0.5, 0.6) is 5.75 Å². The molecule has 2 amide bonds. The molecule has 3 saturated heterocycles. The van der Waals surface area contributed by atoms with Gasteiger partial charge >= 0.3 is 5.97 Å². The van der Waals surface area contributed by atoms with E-state index in [0.29, 0.717) is 23.4 Å². The lowest BCUT2D eigenvalue weighted by molar-refractivity contribution is -0.149. The van der Waals surface area contributed by atoms with Crippen LogP contribution in [-0.2, 0) is 14.4 Å². The van der Waals surface area contributed by atoms with Crippen molar-refractivity contribution in [3.63, 3.8) is 0 Å². The van der Waals surface area contributed by atoms with Gasteiger partial charge in [0.1, 0.15) is 11.8 Å². The fraction of sp³-hybridized carbons (Fsp3) is 0.393. The summed E-state index contributed by atoms with van der Waals surface area (Å²) in [5.41, 5.74) is 1.28. The summed E-state index contributed by atoms with van der Waals surface area (Å²) in [6.07, 6.45) is 2.08. The lowest BCUT2D eigenvalue weighted by Crippen LogP contribution is -2.56. The van der Waals surface area contributed by atoms with Gasteiger partial charge < -0.3 is 24.7 Å². The van der Waals surface area contributed by atoms with Crippen LogP contribution in [-0.4, -0.2) is 74.0 Å². The number of carbonyl (C=O) groups excluding carboxylic acids is 2. The van der Waals surface area contributed by atoms with Gasteiger partial charge in [0, 0.05) is 22.3 Å². The van der Waals surface area contributed by atoms with E-state index < -0.39 is 47.1 Å². The van der Waals surface area contributed by atoms with E-state index in [-0.39, 0.29) is 22.5 Å². The highest BCUT2D eigenvalue weighted by atomic mass is 79.9. The average molecular weight is 602 g/mol. The third-order valence-electron chi connectivity index (χ3n) is 7.90. The number of anilines is 1. The molecule has 10 heteroatoms. The minimum atomic E-state index is -1.04. The number of fused-ring (bicyclic) bond motifs is 1. The maximum absolute atomic E-state index is 14.6. The number of halogens is 1. The molecule has 0 saturated carbocycles. The summed E-state index contributed by atoms with van der Waals surface area (Å²) in [6.45, 7) is 3.61. The van der Waals surface area contributed by atoms with Gasteiger partial charge in [-0.1, -0.05) is 52.3 Å². The van der Waals surface area contributed by atoms with Crippen molar-refractivity contribution >= 4 is 51.2 Å². The van der Waals surface area contributed by atoms with Gasteiger partial charge in [-0.25, -0.2) is 0 Å². The van der Waals surface area contributed by atoms with Gasteiger partial charge in [-0.15, -0.1) is 18.3 Å². The molecule has 0 aromatic heterocycles. The SMILES string of the molecule is C=CCN(C(=O)C1N([C@H](CO)c2ccccc2)C(=O)[C@@H]2[C@@H](C(=O)O)[C@@H]3SC12CC3Br)c1ccc(OC)cc1. The number of carbonyl (C=O) groups is 3. The minimum absolute atomic E-state index is 0.161. The fourth-order valence-corrected chi connectivity index (χ4v) is 9.94. The Morgan fingerprint density at radius 1 is 1.26 bits per heavy atom. The minimum Gasteiger partial charge on any atom is -0.497 e. The molecule has 0 aliphatic carbocycles. The van der Waals surface area contributed by atoms with Crippen LogP contribution < -0.4 is 9.64 Å². The maximum Gasteiger partial charge on any atom is 0.308 e. The highest BCUT2D eigenvalue weighted by Crippen LogP contribution is 2.68. The van der Waals surface area contributed by atoms with Crippen molar-refractivity contribution in [3.8, 4) is 5.75 Å². The zero-order chi connectivity index (χ0) is 27.2. The summed E-state index contributed by atoms with van der Waals surface area (Å²) < 4.78 is 4.31. The van der Waals surface area contributed by atoms with Gasteiger partial charge in [-0.05, 0) is 36.2 Å². The number of likely N-dealkylation sites (tertiary alicyclic amines) is 1. The molecule has 0 radical (unpaired) electrons. The predicted octanol–water partition coefficient (Wildman–Crippen LogP) is 3.50. The number of hydrogen-bond donors (Lipinski definition) is 2. The number of carboxylic acids is 1. The number of carboxylic acid groups (broad SMARTS) is 1. The van der Waals surface area contributed by atoms with E-state index in [1.54, 1.807) is 54.5 Å². The van der Waals surface area contributed by atoms with Crippen LogP contribution >= 0.6 is 27.7 Å². The Morgan fingerprint density at radius 2 is 1.95 bits per heavy atom. The van der Waals surface area contributed by atoms with Crippen molar-refractivity contribution in [2.24, 2.45) is 11.8 Å². The standard InChI is InChI=1S/C28H29BrN2O6S/c1-3-13-30(17-9-11-18(37-2)12-10-17)26(34)24-28-14-19(29)23(38-28)21(27(35)36)22(28)25(33)31(24)20(15-32)16-7-5-4-6-8-16/h3-12,19-24,32H,1,13-15H2,2H3,(H,35,36)/t19?,20-,21-,22+,23-,24?,28?/m1/s1. The number of nitrogens with zero attached hydrogens (tertiary/aromatic N) is 2. The number of aliphatic hydroxyl groups excluding tert-OH is 1. The van der Waals surface area contributed by atoms with Crippen molar-refractivity contribution in [1.82, 2.24) is 4.90 Å².